The van der Waals surface area contributed by atoms with Gasteiger partial charge in [-0.15, -0.1) is 0 Å². The van der Waals surface area contributed by atoms with Crippen LogP contribution in [0.4, 0.5) is 5.69 Å². The lowest BCUT2D eigenvalue weighted by Crippen LogP contribution is -2.29. The van der Waals surface area contributed by atoms with Crippen LogP contribution in [0.5, 0.6) is 5.75 Å². The van der Waals surface area contributed by atoms with Crippen molar-refractivity contribution in [2.24, 2.45) is 5.92 Å². The molecule has 17 heavy (non-hydrogen) atoms. The molecule has 5 nitrogen and oxygen atoms in total. The minimum absolute atomic E-state index is 0.0266. The highest BCUT2D eigenvalue weighted by atomic mass is 16.5. The Kier molecular flexibility index (Phi) is 4.78. The van der Waals surface area contributed by atoms with Crippen LogP contribution in [0, 0.1) is 5.92 Å². The molecule has 0 radical (unpaired) electrons. The maximum atomic E-state index is 11.8. The number of aliphatic hydroxyl groups is 1. The summed E-state index contributed by atoms with van der Waals surface area (Å²) in [5, 5.41) is 11.6. The number of hydrogen-bond donors (Lipinski definition) is 3. The van der Waals surface area contributed by atoms with Crippen LogP contribution in [0.25, 0.3) is 0 Å². The summed E-state index contributed by atoms with van der Waals surface area (Å²) in [4.78, 5) is 11.8. The largest absolute Gasteiger partial charge is 0.496 e. The molecule has 1 aromatic rings. The fourth-order valence-electron chi connectivity index (χ4n) is 1.32. The van der Waals surface area contributed by atoms with Gasteiger partial charge >= 0.3 is 0 Å². The molecule has 0 saturated carbocycles. The van der Waals surface area contributed by atoms with Gasteiger partial charge in [0.25, 0.3) is 5.91 Å². The van der Waals surface area contributed by atoms with Crippen LogP contribution in [0.3, 0.4) is 0 Å². The van der Waals surface area contributed by atoms with Crippen molar-refractivity contribution < 1.29 is 14.6 Å². The van der Waals surface area contributed by atoms with Gasteiger partial charge in [-0.05, 0) is 18.1 Å². The number of nitrogens with one attached hydrogen (secondary N) is 1. The summed E-state index contributed by atoms with van der Waals surface area (Å²) >= 11 is 0. The number of carbonyl (C=O) groups is 1. The summed E-state index contributed by atoms with van der Waals surface area (Å²) in [5.74, 6) is 0.236. The molecule has 1 amide bonds. The van der Waals surface area contributed by atoms with Crippen LogP contribution in [-0.4, -0.2) is 31.3 Å². The van der Waals surface area contributed by atoms with Gasteiger partial charge < -0.3 is 20.9 Å². The Morgan fingerprint density at radius 2 is 2.29 bits per heavy atom. The second kappa shape index (κ2) is 6.10. The Balaban J connectivity index is 2.75. The molecule has 1 unspecified atom stereocenters. The highest BCUT2D eigenvalue weighted by Crippen LogP contribution is 2.21. The Morgan fingerprint density at radius 3 is 2.88 bits per heavy atom. The SMILES string of the molecule is COc1cc(N)ccc1C(=O)NCC(C)CO. The van der Waals surface area contributed by atoms with Gasteiger partial charge in [-0.25, -0.2) is 0 Å². The summed E-state index contributed by atoms with van der Waals surface area (Å²) < 4.78 is 5.09. The molecule has 0 aromatic heterocycles. The van der Waals surface area contributed by atoms with E-state index in [-0.39, 0.29) is 18.4 Å². The van der Waals surface area contributed by atoms with Gasteiger partial charge in [0.15, 0.2) is 0 Å². The topological polar surface area (TPSA) is 84.6 Å². The van der Waals surface area contributed by atoms with E-state index in [1.54, 1.807) is 18.2 Å². The normalized spacial score (nSPS) is 11.9. The van der Waals surface area contributed by atoms with Crippen LogP contribution in [0.1, 0.15) is 17.3 Å². The third-order valence-electron chi connectivity index (χ3n) is 2.39. The molecule has 0 fully saturated rings. The number of carbonyl (C=O) groups excluding carboxylic acids is 1. The monoisotopic (exact) mass is 238 g/mol. The first-order valence-electron chi connectivity index (χ1n) is 5.41. The molecule has 0 aliphatic heterocycles. The van der Waals surface area contributed by atoms with Crippen molar-refractivity contribution >= 4 is 11.6 Å². The molecule has 0 heterocycles. The van der Waals surface area contributed by atoms with Gasteiger partial charge in [0, 0.05) is 24.9 Å². The standard InChI is InChI=1S/C12H18N2O3/c1-8(7-15)6-14-12(16)10-4-3-9(13)5-11(10)17-2/h3-5,8,15H,6-7,13H2,1-2H3,(H,14,16). The van der Waals surface area contributed by atoms with E-state index in [0.717, 1.165) is 0 Å². The van der Waals surface area contributed by atoms with E-state index >= 15 is 0 Å². The van der Waals surface area contributed by atoms with E-state index in [1.807, 2.05) is 6.92 Å². The van der Waals surface area contributed by atoms with Gasteiger partial charge in [-0.3, -0.25) is 4.79 Å². The van der Waals surface area contributed by atoms with Crippen LogP contribution in [0.15, 0.2) is 18.2 Å². The third kappa shape index (κ3) is 3.64. The zero-order valence-corrected chi connectivity index (χ0v) is 10.1. The molecule has 1 rings (SSSR count). The predicted molar refractivity (Wildman–Crippen MR) is 66.0 cm³/mol. The van der Waals surface area contributed by atoms with E-state index in [1.165, 1.54) is 7.11 Å². The number of nitrogens with two attached hydrogens (primary N) is 1. The molecule has 1 aromatic carbocycles. The van der Waals surface area contributed by atoms with Crippen LogP contribution < -0.4 is 15.8 Å². The average Bonchev–Trinajstić information content (AvgIpc) is 2.35. The van der Waals surface area contributed by atoms with Crippen molar-refractivity contribution in [2.75, 3.05) is 26.0 Å². The van der Waals surface area contributed by atoms with Gasteiger partial charge in [-0.1, -0.05) is 6.92 Å². The minimum atomic E-state index is -0.234. The summed E-state index contributed by atoms with van der Waals surface area (Å²) in [6.07, 6.45) is 0. The van der Waals surface area contributed by atoms with Crippen LogP contribution >= 0.6 is 0 Å². The minimum Gasteiger partial charge on any atom is -0.496 e. The van der Waals surface area contributed by atoms with E-state index in [9.17, 15) is 4.79 Å². The first-order valence-corrected chi connectivity index (χ1v) is 5.41. The predicted octanol–water partition coefficient (Wildman–Crippen LogP) is 0.636. The lowest BCUT2D eigenvalue weighted by atomic mass is 10.1. The second-order valence-corrected chi connectivity index (χ2v) is 3.96. The lowest BCUT2D eigenvalue weighted by molar-refractivity contribution is 0.0939. The molecule has 1 atom stereocenters. The molecule has 0 bridgehead atoms. The summed E-state index contributed by atoms with van der Waals surface area (Å²) in [7, 11) is 1.49. The van der Waals surface area contributed by atoms with Crippen molar-refractivity contribution in [3.8, 4) is 5.75 Å². The van der Waals surface area contributed by atoms with E-state index < -0.39 is 0 Å². The zero-order chi connectivity index (χ0) is 12.8. The average molecular weight is 238 g/mol. The van der Waals surface area contributed by atoms with Crippen LogP contribution in [0.2, 0.25) is 0 Å². The van der Waals surface area contributed by atoms with Gasteiger partial charge in [0.2, 0.25) is 0 Å². The number of nitrogen functional groups attached to an aromatic ring is 1. The van der Waals surface area contributed by atoms with Crippen molar-refractivity contribution in [3.63, 3.8) is 0 Å². The van der Waals surface area contributed by atoms with Gasteiger partial charge in [-0.2, -0.15) is 0 Å². The molecule has 0 aliphatic carbocycles. The Morgan fingerprint density at radius 1 is 1.59 bits per heavy atom. The first-order chi connectivity index (χ1) is 8.08. The van der Waals surface area contributed by atoms with Crippen molar-refractivity contribution in [1.82, 2.24) is 5.32 Å². The fourth-order valence-corrected chi connectivity index (χ4v) is 1.32. The molecule has 0 saturated heterocycles. The molecule has 4 N–H and O–H groups in total. The molecule has 94 valence electrons. The molecule has 0 aliphatic rings. The number of benzene rings is 1. The van der Waals surface area contributed by atoms with Gasteiger partial charge in [0.05, 0.1) is 12.7 Å². The second-order valence-electron chi connectivity index (χ2n) is 3.96. The number of aliphatic hydroxyl groups excluding tert-OH is 1. The lowest BCUT2D eigenvalue weighted by Gasteiger charge is -2.12. The molecule has 5 heteroatoms. The van der Waals surface area contributed by atoms with Crippen LogP contribution in [-0.2, 0) is 0 Å². The van der Waals surface area contributed by atoms with Gasteiger partial charge in [0.1, 0.15) is 5.75 Å². The Hall–Kier alpha value is -1.75. The number of hydrogen-bond acceptors (Lipinski definition) is 4. The third-order valence-corrected chi connectivity index (χ3v) is 2.39. The smallest absolute Gasteiger partial charge is 0.255 e. The number of rotatable bonds is 5. The molecular weight excluding hydrogens is 220 g/mol. The maximum absolute atomic E-state index is 11.8. The summed E-state index contributed by atoms with van der Waals surface area (Å²) in [5.41, 5.74) is 6.58. The zero-order valence-electron chi connectivity index (χ0n) is 10.1. The number of anilines is 1. The number of ether oxygens (including phenoxy) is 1. The molecular formula is C12H18N2O3. The van der Waals surface area contributed by atoms with E-state index in [2.05, 4.69) is 5.32 Å². The Labute approximate surface area is 101 Å². The summed E-state index contributed by atoms with van der Waals surface area (Å²) in [6, 6.07) is 4.87. The number of methoxy groups -OCH3 is 1. The Bertz CT molecular complexity index is 393. The maximum Gasteiger partial charge on any atom is 0.255 e. The fraction of sp³-hybridized carbons (Fsp3) is 0.417. The summed E-state index contributed by atoms with van der Waals surface area (Å²) in [6.45, 7) is 2.31. The van der Waals surface area contributed by atoms with E-state index in [0.29, 0.717) is 23.5 Å². The highest BCUT2D eigenvalue weighted by molar-refractivity contribution is 5.97. The van der Waals surface area contributed by atoms with Crippen molar-refractivity contribution in [1.29, 1.82) is 0 Å². The quantitative estimate of drug-likeness (QED) is 0.657. The first kappa shape index (κ1) is 13.3. The van der Waals surface area contributed by atoms with E-state index in [4.69, 9.17) is 15.6 Å². The highest BCUT2D eigenvalue weighted by Gasteiger charge is 2.12. The van der Waals surface area contributed by atoms with Crippen molar-refractivity contribution in [3.05, 3.63) is 23.8 Å². The number of amides is 1. The van der Waals surface area contributed by atoms with Crippen molar-refractivity contribution in [2.45, 2.75) is 6.92 Å². The molecule has 0 spiro atoms.